The number of aromatic nitrogens is 1. The molecule has 0 atom stereocenters. The Hall–Kier alpha value is -2.89. The van der Waals surface area contributed by atoms with Crippen LogP contribution >= 0.6 is 0 Å². The zero-order chi connectivity index (χ0) is 15.4. The zero-order valence-electron chi connectivity index (χ0n) is 11.5. The summed E-state index contributed by atoms with van der Waals surface area (Å²) in [6.07, 6.45) is 3.27. The molecule has 1 aromatic carbocycles. The molecule has 0 amide bonds. The van der Waals surface area contributed by atoms with Crippen molar-refractivity contribution in [3.8, 4) is 5.75 Å². The summed E-state index contributed by atoms with van der Waals surface area (Å²) in [5.41, 5.74) is 0.630. The number of ether oxygens (including phenoxy) is 1. The van der Waals surface area contributed by atoms with Crippen LogP contribution in [-0.2, 0) is 6.42 Å². The molecule has 0 bridgehead atoms. The average Bonchev–Trinajstić information content (AvgIpc) is 2.49. The van der Waals surface area contributed by atoms with Gasteiger partial charge in [-0.2, -0.15) is 0 Å². The number of methoxy groups -OCH3 is 1. The Morgan fingerprint density at radius 3 is 2.57 bits per heavy atom. The average molecular weight is 286 g/mol. The Morgan fingerprint density at radius 1 is 1.38 bits per heavy atom. The molecule has 6 nitrogen and oxygen atoms in total. The van der Waals surface area contributed by atoms with E-state index in [2.05, 4.69) is 11.6 Å². The van der Waals surface area contributed by atoms with Crippen molar-refractivity contribution >= 4 is 11.8 Å². The number of hydrogen-bond donors (Lipinski definition) is 1. The van der Waals surface area contributed by atoms with Gasteiger partial charge in [0.15, 0.2) is 0 Å². The first-order valence-electron chi connectivity index (χ1n) is 6.21. The van der Waals surface area contributed by atoms with Crippen LogP contribution in [0.2, 0.25) is 0 Å². The molecule has 2 rings (SSSR count). The number of pyridine rings is 1. The summed E-state index contributed by atoms with van der Waals surface area (Å²) in [6.45, 7) is 3.57. The summed E-state index contributed by atoms with van der Waals surface area (Å²) < 4.78 is 5.08. The van der Waals surface area contributed by atoms with Crippen LogP contribution in [0.25, 0.3) is 6.08 Å². The van der Waals surface area contributed by atoms with Crippen molar-refractivity contribution in [3.05, 3.63) is 74.2 Å². The third kappa shape index (κ3) is 3.00. The minimum absolute atomic E-state index is 0.250. The molecule has 2 aromatic rings. The second-order valence-corrected chi connectivity index (χ2v) is 4.39. The second kappa shape index (κ2) is 6.04. The Labute approximate surface area is 120 Å². The predicted molar refractivity (Wildman–Crippen MR) is 79.6 cm³/mol. The number of nitrogens with one attached hydrogen (secondary N) is 1. The van der Waals surface area contributed by atoms with Gasteiger partial charge >= 0.3 is 11.2 Å². The first-order chi connectivity index (χ1) is 10.1. The van der Waals surface area contributed by atoms with Crippen molar-refractivity contribution < 1.29 is 9.66 Å². The molecule has 0 aliphatic carbocycles. The van der Waals surface area contributed by atoms with Gasteiger partial charge in [-0.25, -0.2) is 0 Å². The highest BCUT2D eigenvalue weighted by Crippen LogP contribution is 2.22. The minimum Gasteiger partial charge on any atom is -0.497 e. The molecule has 0 radical (unpaired) electrons. The molecule has 0 fully saturated rings. The second-order valence-electron chi connectivity index (χ2n) is 4.39. The molecule has 0 aliphatic rings. The van der Waals surface area contributed by atoms with Crippen molar-refractivity contribution in [1.29, 1.82) is 0 Å². The summed E-state index contributed by atoms with van der Waals surface area (Å²) in [5.74, 6) is 0.732. The molecule has 0 aliphatic heterocycles. The molecule has 1 heterocycles. The fraction of sp³-hybridized carbons (Fsp3) is 0.133. The summed E-state index contributed by atoms with van der Waals surface area (Å²) >= 11 is 0. The molecule has 1 aromatic heterocycles. The highest BCUT2D eigenvalue weighted by Gasteiger charge is 2.20. The number of hydrogen-bond acceptors (Lipinski definition) is 4. The van der Waals surface area contributed by atoms with E-state index in [1.54, 1.807) is 7.11 Å². The van der Waals surface area contributed by atoms with Gasteiger partial charge in [-0.1, -0.05) is 24.8 Å². The van der Waals surface area contributed by atoms with Crippen LogP contribution in [0.5, 0.6) is 5.75 Å². The quantitative estimate of drug-likeness (QED) is 0.676. The normalized spacial score (nSPS) is 10.1. The number of rotatable bonds is 5. The molecular formula is C15H14N2O4. The van der Waals surface area contributed by atoms with Crippen LogP contribution in [0.4, 0.5) is 5.69 Å². The predicted octanol–water partition coefficient (Wildman–Crippen LogP) is 2.53. The van der Waals surface area contributed by atoms with E-state index in [1.807, 2.05) is 24.3 Å². The van der Waals surface area contributed by atoms with Crippen LogP contribution in [0.3, 0.4) is 0 Å². The Morgan fingerprint density at radius 2 is 2.05 bits per heavy atom. The van der Waals surface area contributed by atoms with E-state index < -0.39 is 16.2 Å². The zero-order valence-corrected chi connectivity index (χ0v) is 11.5. The molecule has 0 saturated carbocycles. The number of H-pyrrole nitrogens is 1. The summed E-state index contributed by atoms with van der Waals surface area (Å²) in [4.78, 5) is 24.3. The molecule has 108 valence electrons. The van der Waals surface area contributed by atoms with Gasteiger partial charge in [-0.3, -0.25) is 14.9 Å². The maximum atomic E-state index is 11.6. The van der Waals surface area contributed by atoms with Crippen LogP contribution in [-0.4, -0.2) is 17.0 Å². The molecule has 1 N–H and O–H groups in total. The van der Waals surface area contributed by atoms with E-state index in [4.69, 9.17) is 4.74 Å². The van der Waals surface area contributed by atoms with Gasteiger partial charge in [0.2, 0.25) is 0 Å². The van der Waals surface area contributed by atoms with Crippen LogP contribution < -0.4 is 10.3 Å². The van der Waals surface area contributed by atoms with E-state index >= 15 is 0 Å². The molecule has 0 saturated heterocycles. The van der Waals surface area contributed by atoms with Crippen LogP contribution in [0.15, 0.2) is 41.8 Å². The van der Waals surface area contributed by atoms with Gasteiger partial charge in [0.1, 0.15) is 5.75 Å². The van der Waals surface area contributed by atoms with Gasteiger partial charge in [0.05, 0.1) is 17.6 Å². The lowest BCUT2D eigenvalue weighted by Crippen LogP contribution is -2.14. The number of nitro groups is 1. The van der Waals surface area contributed by atoms with Gasteiger partial charge in [0.25, 0.3) is 0 Å². The van der Waals surface area contributed by atoms with Crippen molar-refractivity contribution in [2.75, 3.05) is 7.11 Å². The van der Waals surface area contributed by atoms with E-state index in [9.17, 15) is 14.9 Å². The van der Waals surface area contributed by atoms with Gasteiger partial charge in [0, 0.05) is 6.20 Å². The summed E-state index contributed by atoms with van der Waals surface area (Å²) in [5, 5.41) is 11.0. The lowest BCUT2D eigenvalue weighted by atomic mass is 10.0. The van der Waals surface area contributed by atoms with E-state index in [0.717, 1.165) is 11.3 Å². The van der Waals surface area contributed by atoms with E-state index in [1.165, 1.54) is 12.3 Å². The molecule has 21 heavy (non-hydrogen) atoms. The summed E-state index contributed by atoms with van der Waals surface area (Å²) in [7, 11) is 1.58. The lowest BCUT2D eigenvalue weighted by Gasteiger charge is -2.07. The van der Waals surface area contributed by atoms with Crippen molar-refractivity contribution in [1.82, 2.24) is 4.98 Å². The Kier molecular flexibility index (Phi) is 4.18. The first kappa shape index (κ1) is 14.5. The summed E-state index contributed by atoms with van der Waals surface area (Å²) in [6, 6.07) is 7.34. The Bertz CT molecular complexity index is 732. The Balaban J connectivity index is 2.44. The number of aromatic amines is 1. The maximum absolute atomic E-state index is 11.6. The number of nitrogens with zero attached hydrogens (tertiary/aromatic N) is 1. The third-order valence-corrected chi connectivity index (χ3v) is 3.13. The van der Waals surface area contributed by atoms with Crippen molar-refractivity contribution in [2.45, 2.75) is 6.42 Å². The largest absolute Gasteiger partial charge is 0.497 e. The fourth-order valence-corrected chi connectivity index (χ4v) is 2.09. The lowest BCUT2D eigenvalue weighted by molar-refractivity contribution is -0.386. The first-order valence-corrected chi connectivity index (χ1v) is 6.21. The van der Waals surface area contributed by atoms with Crippen molar-refractivity contribution in [3.63, 3.8) is 0 Å². The number of benzene rings is 1. The topological polar surface area (TPSA) is 85.2 Å². The molecule has 0 unspecified atom stereocenters. The standard InChI is InChI=1S/C15H14N2O4/c1-3-13-11(9-16-15(18)14(13)17(19)20)8-10-4-6-12(21-2)7-5-10/h3-7,9H,1,8H2,2H3,(H,16,18). The fourth-order valence-electron chi connectivity index (χ4n) is 2.09. The highest BCUT2D eigenvalue weighted by atomic mass is 16.6. The van der Waals surface area contributed by atoms with E-state index in [0.29, 0.717) is 12.0 Å². The minimum atomic E-state index is -0.728. The molecule has 0 spiro atoms. The van der Waals surface area contributed by atoms with Gasteiger partial charge < -0.3 is 9.72 Å². The van der Waals surface area contributed by atoms with E-state index in [-0.39, 0.29) is 5.56 Å². The smallest absolute Gasteiger partial charge is 0.341 e. The van der Waals surface area contributed by atoms with Crippen LogP contribution in [0.1, 0.15) is 16.7 Å². The van der Waals surface area contributed by atoms with Crippen molar-refractivity contribution in [2.24, 2.45) is 0 Å². The molecule has 6 heteroatoms. The maximum Gasteiger partial charge on any atom is 0.341 e. The highest BCUT2D eigenvalue weighted by molar-refractivity contribution is 5.62. The van der Waals surface area contributed by atoms with Gasteiger partial charge in [-0.05, 0) is 29.7 Å². The molecular weight excluding hydrogens is 272 g/mol. The SMILES string of the molecule is C=Cc1c(Cc2ccc(OC)cc2)c[nH]c(=O)c1[N+](=O)[O-]. The monoisotopic (exact) mass is 286 g/mol. The van der Waals surface area contributed by atoms with Gasteiger partial charge in [-0.15, -0.1) is 0 Å². The third-order valence-electron chi connectivity index (χ3n) is 3.13. The van der Waals surface area contributed by atoms with Crippen LogP contribution in [0, 0.1) is 10.1 Å².